The van der Waals surface area contributed by atoms with Gasteiger partial charge in [-0.05, 0) is 38.5 Å². The Bertz CT molecular complexity index is 1340. The van der Waals surface area contributed by atoms with Crippen molar-refractivity contribution in [3.05, 3.63) is 12.2 Å². The average Bonchev–Trinajstić information content (AvgIpc) is 3.50. The number of hydrogen-bond acceptors (Lipinski definition) is 10. The standard InChI is InChI=1S/C71H139NO10/c1-3-5-7-9-11-13-15-17-19-21-23-25-27-29-30-31-32-33-35-37-39-41-43-45-47-49-51-53-55-57-59-64(75)70(80)72-62(61-81-71-69(79)68(78)67(77)65(60-73)82-71)66(76)63(74)58-56-54-52-50-48-46-44-42-40-38-36-34-28-26-24-22-20-18-16-14-12-10-8-6-4-2/h50,52,62-69,71,73-79H,3-49,51,53-61H2,1-2H3,(H,72,80)/b52-50+. The molecule has 0 aromatic rings. The van der Waals surface area contributed by atoms with Gasteiger partial charge in [0.15, 0.2) is 6.29 Å². The summed E-state index contributed by atoms with van der Waals surface area (Å²) in [6.45, 7) is 3.51. The molecule has 9 atom stereocenters. The van der Waals surface area contributed by atoms with Crippen LogP contribution in [0, 0.1) is 0 Å². The number of hydrogen-bond donors (Lipinski definition) is 8. The molecule has 0 aliphatic carbocycles. The summed E-state index contributed by atoms with van der Waals surface area (Å²) in [6.07, 6.45) is 63.1. The van der Waals surface area contributed by atoms with Gasteiger partial charge in [0.25, 0.3) is 0 Å². The summed E-state index contributed by atoms with van der Waals surface area (Å²) in [5, 5.41) is 76.5. The monoisotopic (exact) mass is 1170 g/mol. The van der Waals surface area contributed by atoms with Gasteiger partial charge in [0.05, 0.1) is 25.4 Å². The summed E-state index contributed by atoms with van der Waals surface area (Å²) in [5.41, 5.74) is 0. The van der Waals surface area contributed by atoms with Gasteiger partial charge in [-0.15, -0.1) is 0 Å². The zero-order valence-electron chi connectivity index (χ0n) is 54.0. The summed E-state index contributed by atoms with van der Waals surface area (Å²) in [5.74, 6) is -0.697. The number of carbonyl (C=O) groups is 1. The lowest BCUT2D eigenvalue weighted by Gasteiger charge is -2.40. The molecule has 1 aliphatic heterocycles. The molecule has 1 heterocycles. The second kappa shape index (κ2) is 60.1. The lowest BCUT2D eigenvalue weighted by atomic mass is 9.98. The van der Waals surface area contributed by atoms with Crippen LogP contribution in [0.2, 0.25) is 0 Å². The van der Waals surface area contributed by atoms with Gasteiger partial charge in [-0.2, -0.15) is 0 Å². The van der Waals surface area contributed by atoms with Crippen molar-refractivity contribution in [2.75, 3.05) is 13.2 Å². The van der Waals surface area contributed by atoms with Crippen molar-refractivity contribution in [2.24, 2.45) is 0 Å². The first-order chi connectivity index (χ1) is 40.2. The van der Waals surface area contributed by atoms with Gasteiger partial charge in [0.1, 0.15) is 36.6 Å². The molecule has 1 fully saturated rings. The Kier molecular flexibility index (Phi) is 57.8. The van der Waals surface area contributed by atoms with E-state index in [0.29, 0.717) is 12.8 Å². The van der Waals surface area contributed by atoms with Crippen LogP contribution in [0.5, 0.6) is 0 Å². The normalized spacial score (nSPS) is 19.1. The van der Waals surface area contributed by atoms with Crippen LogP contribution in [0.4, 0.5) is 0 Å². The molecule has 1 rings (SSSR count). The molecule has 0 bridgehead atoms. The van der Waals surface area contributed by atoms with Gasteiger partial charge in [0.2, 0.25) is 5.91 Å². The lowest BCUT2D eigenvalue weighted by Crippen LogP contribution is -2.60. The minimum absolute atomic E-state index is 0.260. The molecule has 0 aromatic carbocycles. The smallest absolute Gasteiger partial charge is 0.249 e. The summed E-state index contributed by atoms with van der Waals surface area (Å²) < 4.78 is 11.2. The maximum Gasteiger partial charge on any atom is 0.249 e. The Morgan fingerprint density at radius 2 is 0.720 bits per heavy atom. The van der Waals surface area contributed by atoms with E-state index in [-0.39, 0.29) is 12.8 Å². The third kappa shape index (κ3) is 47.0. The maximum atomic E-state index is 13.3. The third-order valence-electron chi connectivity index (χ3n) is 17.8. The maximum absolute atomic E-state index is 13.3. The minimum Gasteiger partial charge on any atom is -0.394 e. The lowest BCUT2D eigenvalue weighted by molar-refractivity contribution is -0.303. The summed E-state index contributed by atoms with van der Waals surface area (Å²) in [7, 11) is 0. The summed E-state index contributed by atoms with van der Waals surface area (Å²) in [4.78, 5) is 13.3. The molecule has 11 nitrogen and oxygen atoms in total. The van der Waals surface area contributed by atoms with E-state index in [2.05, 4.69) is 31.3 Å². The largest absolute Gasteiger partial charge is 0.394 e. The van der Waals surface area contributed by atoms with Crippen LogP contribution < -0.4 is 5.32 Å². The Hall–Kier alpha value is -1.15. The van der Waals surface area contributed by atoms with Crippen molar-refractivity contribution in [3.8, 4) is 0 Å². The second-order valence-corrected chi connectivity index (χ2v) is 25.7. The molecule has 1 aliphatic rings. The van der Waals surface area contributed by atoms with Crippen molar-refractivity contribution in [2.45, 2.75) is 422 Å². The Morgan fingerprint density at radius 3 is 1.05 bits per heavy atom. The van der Waals surface area contributed by atoms with E-state index < -0.39 is 74.2 Å². The van der Waals surface area contributed by atoms with E-state index in [1.165, 1.54) is 289 Å². The highest BCUT2D eigenvalue weighted by Gasteiger charge is 2.44. The molecule has 0 aromatic heterocycles. The Morgan fingerprint density at radius 1 is 0.415 bits per heavy atom. The summed E-state index contributed by atoms with van der Waals surface area (Å²) in [6, 6.07) is -1.18. The highest BCUT2D eigenvalue weighted by molar-refractivity contribution is 5.80. The van der Waals surface area contributed by atoms with Gasteiger partial charge in [-0.25, -0.2) is 0 Å². The molecule has 0 radical (unpaired) electrons. The molecular weight excluding hydrogens is 1030 g/mol. The topological polar surface area (TPSA) is 189 Å². The zero-order valence-corrected chi connectivity index (χ0v) is 54.0. The van der Waals surface area contributed by atoms with E-state index in [9.17, 15) is 40.5 Å². The van der Waals surface area contributed by atoms with Gasteiger partial charge in [-0.3, -0.25) is 4.79 Å². The van der Waals surface area contributed by atoms with Gasteiger partial charge in [0, 0.05) is 0 Å². The molecule has 0 spiro atoms. The van der Waals surface area contributed by atoms with Crippen LogP contribution in [0.15, 0.2) is 12.2 Å². The summed E-state index contributed by atoms with van der Waals surface area (Å²) >= 11 is 0. The van der Waals surface area contributed by atoms with Crippen LogP contribution in [-0.2, 0) is 14.3 Å². The molecule has 488 valence electrons. The molecule has 11 heteroatoms. The fourth-order valence-corrected chi connectivity index (χ4v) is 12.0. The molecular formula is C71H139NO10. The first kappa shape index (κ1) is 78.9. The van der Waals surface area contributed by atoms with Crippen molar-refractivity contribution >= 4 is 5.91 Å². The molecule has 82 heavy (non-hydrogen) atoms. The van der Waals surface area contributed by atoms with E-state index in [1.54, 1.807) is 0 Å². The average molecular weight is 1170 g/mol. The van der Waals surface area contributed by atoms with Gasteiger partial charge in [-0.1, -0.05) is 341 Å². The molecule has 1 amide bonds. The zero-order chi connectivity index (χ0) is 59.6. The fraction of sp³-hybridized carbons (Fsp3) is 0.958. The predicted octanol–water partition coefficient (Wildman–Crippen LogP) is 17.4. The number of aliphatic hydroxyl groups is 7. The van der Waals surface area contributed by atoms with Gasteiger partial charge >= 0.3 is 0 Å². The molecule has 1 saturated heterocycles. The number of unbranched alkanes of at least 4 members (excludes halogenated alkanes) is 50. The number of ether oxygens (including phenoxy) is 2. The number of aliphatic hydroxyl groups excluding tert-OH is 7. The van der Waals surface area contributed by atoms with E-state index in [1.807, 2.05) is 0 Å². The van der Waals surface area contributed by atoms with Crippen LogP contribution in [0.1, 0.15) is 367 Å². The Balaban J connectivity index is 2.19. The second-order valence-electron chi connectivity index (χ2n) is 25.7. The first-order valence-corrected chi connectivity index (χ1v) is 36.1. The van der Waals surface area contributed by atoms with Crippen molar-refractivity contribution < 1.29 is 50.0 Å². The number of rotatable bonds is 64. The van der Waals surface area contributed by atoms with E-state index >= 15 is 0 Å². The van der Waals surface area contributed by atoms with Crippen LogP contribution >= 0.6 is 0 Å². The van der Waals surface area contributed by atoms with Crippen LogP contribution in [0.25, 0.3) is 0 Å². The number of allylic oxidation sites excluding steroid dienone is 2. The molecule has 8 N–H and O–H groups in total. The van der Waals surface area contributed by atoms with Crippen LogP contribution in [-0.4, -0.2) is 110 Å². The number of nitrogens with one attached hydrogen (secondary N) is 1. The van der Waals surface area contributed by atoms with Crippen molar-refractivity contribution in [1.82, 2.24) is 5.32 Å². The quantitative estimate of drug-likeness (QED) is 0.0215. The van der Waals surface area contributed by atoms with E-state index in [0.717, 1.165) is 38.5 Å². The van der Waals surface area contributed by atoms with Crippen molar-refractivity contribution in [3.63, 3.8) is 0 Å². The SMILES string of the molecule is CCCCCCCCCCCCCCCCCCCCCC/C=C/CCCC(O)C(O)C(COC1OC(CO)C(O)C(O)C1O)NC(=O)C(O)CCCCCCCCCCCCCCCCCCCCCCCCCCCCCCCC. The fourth-order valence-electron chi connectivity index (χ4n) is 12.0. The third-order valence-corrected chi connectivity index (χ3v) is 17.8. The predicted molar refractivity (Wildman–Crippen MR) is 344 cm³/mol. The number of carbonyl (C=O) groups excluding carboxylic acids is 1. The van der Waals surface area contributed by atoms with Crippen molar-refractivity contribution in [1.29, 1.82) is 0 Å². The first-order valence-electron chi connectivity index (χ1n) is 36.1. The van der Waals surface area contributed by atoms with Gasteiger partial charge < -0.3 is 50.5 Å². The van der Waals surface area contributed by atoms with E-state index in [4.69, 9.17) is 9.47 Å². The highest BCUT2D eigenvalue weighted by Crippen LogP contribution is 2.24. The molecule has 0 saturated carbocycles. The molecule has 9 unspecified atom stereocenters. The van der Waals surface area contributed by atoms with Crippen LogP contribution in [0.3, 0.4) is 0 Å². The Labute approximate surface area is 506 Å². The minimum atomic E-state index is -1.67. The number of amides is 1. The highest BCUT2D eigenvalue weighted by atomic mass is 16.7.